The highest BCUT2D eigenvalue weighted by Gasteiger charge is 2.53. The highest BCUT2D eigenvalue weighted by atomic mass is 32.1. The first kappa shape index (κ1) is 23.3. The molecule has 6 nitrogen and oxygen atoms in total. The van der Waals surface area contributed by atoms with Gasteiger partial charge in [0.05, 0.1) is 4.88 Å². The van der Waals surface area contributed by atoms with E-state index in [1.807, 2.05) is 67.6 Å². The minimum atomic E-state index is -0.747. The Morgan fingerprint density at radius 3 is 2.57 bits per heavy atom. The van der Waals surface area contributed by atoms with Gasteiger partial charge in [-0.15, -0.1) is 22.7 Å². The number of ether oxygens (including phenoxy) is 1. The van der Waals surface area contributed by atoms with Gasteiger partial charge in [-0.3, -0.25) is 10.1 Å². The Balaban J connectivity index is 1.25. The van der Waals surface area contributed by atoms with E-state index < -0.39 is 17.5 Å². The van der Waals surface area contributed by atoms with Crippen LogP contribution in [0.3, 0.4) is 0 Å². The van der Waals surface area contributed by atoms with Gasteiger partial charge in [0.25, 0.3) is 0 Å². The summed E-state index contributed by atoms with van der Waals surface area (Å²) in [6.07, 6.45) is 0.796. The summed E-state index contributed by atoms with van der Waals surface area (Å²) in [7, 11) is 0. The van der Waals surface area contributed by atoms with Gasteiger partial charge in [0.2, 0.25) is 5.76 Å². The monoisotopic (exact) mass is 527 g/mol. The van der Waals surface area contributed by atoms with Crippen LogP contribution in [0.15, 0.2) is 65.1 Å². The first-order valence-corrected chi connectivity index (χ1v) is 13.4. The van der Waals surface area contributed by atoms with E-state index in [0.29, 0.717) is 29.9 Å². The van der Waals surface area contributed by atoms with Gasteiger partial charge in [-0.05, 0) is 67.0 Å². The number of para-hydroxylation sites is 1. The molecule has 37 heavy (non-hydrogen) atoms. The van der Waals surface area contributed by atoms with Crippen LogP contribution >= 0.6 is 22.7 Å². The van der Waals surface area contributed by atoms with Crippen LogP contribution < -0.4 is 5.32 Å². The molecule has 2 N–H and O–H groups in total. The van der Waals surface area contributed by atoms with Crippen molar-refractivity contribution < 1.29 is 23.8 Å². The van der Waals surface area contributed by atoms with Crippen LogP contribution in [0, 0.1) is 18.8 Å². The molecule has 0 aliphatic heterocycles. The second kappa shape index (κ2) is 9.11. The molecule has 0 radical (unpaired) electrons. The van der Waals surface area contributed by atoms with E-state index in [9.17, 15) is 14.7 Å². The topological polar surface area (TPSA) is 88.8 Å². The maximum atomic E-state index is 12.7. The molecule has 0 unspecified atom stereocenters. The molecule has 5 aromatic rings. The van der Waals surface area contributed by atoms with E-state index in [4.69, 9.17) is 9.15 Å². The Kier molecular flexibility index (Phi) is 5.75. The normalized spacial score (nSPS) is 13.8. The van der Waals surface area contributed by atoms with Crippen molar-refractivity contribution in [3.8, 4) is 11.8 Å². The SMILES string of the molecule is Cc1ccccc1COC(=O)Nc1c(C#Cc2cc3sc(C4(C(=O)O)CC4)cc3s2)oc2ccccc12. The van der Waals surface area contributed by atoms with Crippen LogP contribution in [0.2, 0.25) is 0 Å². The Morgan fingerprint density at radius 1 is 1.05 bits per heavy atom. The van der Waals surface area contributed by atoms with Crippen molar-refractivity contribution in [1.82, 2.24) is 0 Å². The molecule has 0 saturated heterocycles. The lowest BCUT2D eigenvalue weighted by atomic mass is 10.1. The molecule has 0 bridgehead atoms. The van der Waals surface area contributed by atoms with E-state index in [-0.39, 0.29) is 6.61 Å². The summed E-state index contributed by atoms with van der Waals surface area (Å²) in [6.45, 7) is 2.13. The average molecular weight is 528 g/mol. The fraction of sp³-hybridized carbons (Fsp3) is 0.172. The molecule has 1 aliphatic carbocycles. The number of benzene rings is 2. The number of amides is 1. The van der Waals surface area contributed by atoms with E-state index in [1.165, 1.54) is 22.7 Å². The lowest BCUT2D eigenvalue weighted by Gasteiger charge is -2.08. The third kappa shape index (κ3) is 4.37. The fourth-order valence-corrected chi connectivity index (χ4v) is 6.74. The predicted octanol–water partition coefficient (Wildman–Crippen LogP) is 7.28. The molecule has 3 aromatic heterocycles. The number of aliphatic carboxylic acids is 1. The van der Waals surface area contributed by atoms with E-state index in [0.717, 1.165) is 35.7 Å². The zero-order valence-electron chi connectivity index (χ0n) is 19.8. The van der Waals surface area contributed by atoms with Gasteiger partial charge in [0.1, 0.15) is 23.3 Å². The van der Waals surface area contributed by atoms with Crippen LogP contribution in [0.5, 0.6) is 0 Å². The van der Waals surface area contributed by atoms with Crippen LogP contribution in [0.25, 0.3) is 20.4 Å². The largest absolute Gasteiger partial charge is 0.481 e. The highest BCUT2D eigenvalue weighted by molar-refractivity contribution is 7.28. The number of carboxylic acids is 1. The predicted molar refractivity (Wildman–Crippen MR) is 145 cm³/mol. The number of carbonyl (C=O) groups is 2. The van der Waals surface area contributed by atoms with Crippen molar-refractivity contribution in [2.45, 2.75) is 31.8 Å². The molecule has 184 valence electrons. The van der Waals surface area contributed by atoms with Gasteiger partial charge in [-0.2, -0.15) is 0 Å². The lowest BCUT2D eigenvalue weighted by Crippen LogP contribution is -2.17. The van der Waals surface area contributed by atoms with Crippen molar-refractivity contribution in [3.05, 3.63) is 87.3 Å². The number of rotatable bonds is 5. The number of fused-ring (bicyclic) bond motifs is 2. The van der Waals surface area contributed by atoms with Crippen molar-refractivity contribution in [2.75, 3.05) is 5.32 Å². The minimum Gasteiger partial charge on any atom is -0.481 e. The minimum absolute atomic E-state index is 0.159. The molecule has 1 amide bonds. The fourth-order valence-electron chi connectivity index (χ4n) is 4.25. The summed E-state index contributed by atoms with van der Waals surface area (Å²) < 4.78 is 13.5. The Labute approximate surface area is 220 Å². The molecule has 6 rings (SSSR count). The van der Waals surface area contributed by atoms with Crippen LogP contribution in [0.4, 0.5) is 10.5 Å². The summed E-state index contributed by atoms with van der Waals surface area (Å²) in [5.41, 5.74) is 2.37. The second-order valence-electron chi connectivity index (χ2n) is 9.02. The Bertz CT molecular complexity index is 1710. The standard InChI is InChI=1S/C29H21NO5S2/c1-17-6-2-3-7-18(17)16-34-28(33)30-26-20-8-4-5-9-21(20)35-22(26)11-10-19-14-23-24(36-19)15-25(37-23)29(12-13-29)27(31)32/h2-9,14-15H,12-13,16H2,1H3,(H,30,33)(H,31,32). The van der Waals surface area contributed by atoms with E-state index in [2.05, 4.69) is 17.2 Å². The van der Waals surface area contributed by atoms with E-state index in [1.54, 1.807) is 0 Å². The molecule has 1 saturated carbocycles. The number of nitrogens with one attached hydrogen (secondary N) is 1. The second-order valence-corrected chi connectivity index (χ2v) is 11.2. The summed E-state index contributed by atoms with van der Waals surface area (Å²) in [4.78, 5) is 26.1. The molecule has 1 aliphatic rings. The molecule has 0 atom stereocenters. The number of carbonyl (C=O) groups excluding carboxylic acids is 1. The first-order chi connectivity index (χ1) is 17.9. The molecular weight excluding hydrogens is 506 g/mol. The van der Waals surface area contributed by atoms with Crippen molar-refractivity contribution in [3.63, 3.8) is 0 Å². The number of aryl methyl sites for hydroxylation is 1. The maximum absolute atomic E-state index is 12.7. The van der Waals surface area contributed by atoms with Crippen LogP contribution in [0.1, 0.15) is 39.5 Å². The average Bonchev–Trinajstić information content (AvgIpc) is 3.32. The number of anilines is 1. The zero-order valence-corrected chi connectivity index (χ0v) is 21.4. The number of hydrogen-bond donors (Lipinski definition) is 2. The molecular formula is C29H21NO5S2. The van der Waals surface area contributed by atoms with Gasteiger partial charge in [-0.25, -0.2) is 4.79 Å². The third-order valence-electron chi connectivity index (χ3n) is 6.58. The molecule has 2 aromatic carbocycles. The molecule has 0 spiro atoms. The van der Waals surface area contributed by atoms with Gasteiger partial charge < -0.3 is 14.3 Å². The Hall–Kier alpha value is -4.06. The number of hydrogen-bond acceptors (Lipinski definition) is 6. The summed E-state index contributed by atoms with van der Waals surface area (Å²) >= 11 is 3.04. The zero-order chi connectivity index (χ0) is 25.6. The van der Waals surface area contributed by atoms with Crippen molar-refractivity contribution in [1.29, 1.82) is 0 Å². The highest BCUT2D eigenvalue weighted by Crippen LogP contribution is 2.52. The van der Waals surface area contributed by atoms with Gasteiger partial charge in [-0.1, -0.05) is 36.4 Å². The quantitative estimate of drug-likeness (QED) is 0.235. The van der Waals surface area contributed by atoms with Crippen molar-refractivity contribution >= 4 is 60.8 Å². The third-order valence-corrected chi connectivity index (χ3v) is 8.99. The van der Waals surface area contributed by atoms with Gasteiger partial charge in [0, 0.05) is 19.7 Å². The number of thiophene rings is 2. The van der Waals surface area contributed by atoms with Gasteiger partial charge >= 0.3 is 12.1 Å². The molecule has 1 fully saturated rings. The van der Waals surface area contributed by atoms with Gasteiger partial charge in [0.15, 0.2) is 0 Å². The smallest absolute Gasteiger partial charge is 0.412 e. The molecule has 8 heteroatoms. The maximum Gasteiger partial charge on any atom is 0.412 e. The molecule has 3 heterocycles. The number of furan rings is 1. The van der Waals surface area contributed by atoms with Crippen molar-refractivity contribution in [2.24, 2.45) is 0 Å². The summed E-state index contributed by atoms with van der Waals surface area (Å²) in [6, 6.07) is 19.1. The first-order valence-electron chi connectivity index (χ1n) is 11.7. The summed E-state index contributed by atoms with van der Waals surface area (Å²) in [5, 5.41) is 13.1. The summed E-state index contributed by atoms with van der Waals surface area (Å²) in [5.74, 6) is 5.81. The van der Waals surface area contributed by atoms with E-state index >= 15 is 0 Å². The van der Waals surface area contributed by atoms with Crippen LogP contribution in [-0.4, -0.2) is 17.2 Å². The number of carboxylic acid groups (broad SMARTS) is 1. The Morgan fingerprint density at radius 2 is 1.81 bits per heavy atom. The van der Waals surface area contributed by atoms with Crippen LogP contribution in [-0.2, 0) is 21.6 Å². The lowest BCUT2D eigenvalue weighted by molar-refractivity contribution is -0.139.